The monoisotopic (exact) mass is 343 g/mol. The number of ether oxygens (including phenoxy) is 1. The van der Waals surface area contributed by atoms with Gasteiger partial charge in [0, 0.05) is 21.4 Å². The highest BCUT2D eigenvalue weighted by molar-refractivity contribution is 14.1. The van der Waals surface area contributed by atoms with Gasteiger partial charge in [0.2, 0.25) is 0 Å². The van der Waals surface area contributed by atoms with E-state index in [9.17, 15) is 0 Å². The fourth-order valence-electron chi connectivity index (χ4n) is 3.37. The molecule has 0 aromatic heterocycles. The number of nitrogens with two attached hydrogens (primary N) is 1. The van der Waals surface area contributed by atoms with Gasteiger partial charge in [0.25, 0.3) is 0 Å². The Bertz CT molecular complexity index is 414. The van der Waals surface area contributed by atoms with Crippen molar-refractivity contribution in [3.8, 4) is 5.75 Å². The molecule has 3 heteroatoms. The van der Waals surface area contributed by atoms with Gasteiger partial charge in [0.15, 0.2) is 0 Å². The Hall–Kier alpha value is -0.290. The molecule has 2 aliphatic carbocycles. The fourth-order valence-corrected chi connectivity index (χ4v) is 3.89. The molecule has 2 atom stereocenters. The lowest BCUT2D eigenvalue weighted by Crippen LogP contribution is -2.62. The molecule has 92 valence electrons. The molecule has 0 saturated heterocycles. The number of benzene rings is 1. The lowest BCUT2D eigenvalue weighted by molar-refractivity contribution is -0.0620. The molecule has 1 spiro atoms. The Balaban J connectivity index is 1.74. The summed E-state index contributed by atoms with van der Waals surface area (Å²) in [7, 11) is 0. The highest BCUT2D eigenvalue weighted by Crippen LogP contribution is 2.53. The molecule has 0 amide bonds. The molecule has 2 saturated carbocycles. The molecule has 2 fully saturated rings. The van der Waals surface area contributed by atoms with E-state index in [1.54, 1.807) is 0 Å². The predicted molar refractivity (Wildman–Crippen MR) is 77.1 cm³/mol. The minimum atomic E-state index is 0.293. The van der Waals surface area contributed by atoms with Crippen LogP contribution in [0.25, 0.3) is 0 Å². The van der Waals surface area contributed by atoms with E-state index in [-0.39, 0.29) is 0 Å². The van der Waals surface area contributed by atoms with Crippen molar-refractivity contribution in [2.45, 2.75) is 44.2 Å². The number of halogens is 1. The van der Waals surface area contributed by atoms with Crippen LogP contribution in [0, 0.1) is 8.99 Å². The molecule has 1 aromatic carbocycles. The molecule has 1 aromatic rings. The maximum absolute atomic E-state index is 6.21. The van der Waals surface area contributed by atoms with Gasteiger partial charge < -0.3 is 10.5 Å². The zero-order valence-electron chi connectivity index (χ0n) is 9.86. The molecule has 0 radical (unpaired) electrons. The first-order valence-corrected chi connectivity index (χ1v) is 7.46. The van der Waals surface area contributed by atoms with Gasteiger partial charge >= 0.3 is 0 Å². The van der Waals surface area contributed by atoms with Crippen LogP contribution in [0.1, 0.15) is 32.1 Å². The van der Waals surface area contributed by atoms with E-state index >= 15 is 0 Å². The average Bonchev–Trinajstić information content (AvgIpc) is 2.80. The summed E-state index contributed by atoms with van der Waals surface area (Å²) in [5.74, 6) is 1.00. The lowest BCUT2D eigenvalue weighted by atomic mass is 9.61. The summed E-state index contributed by atoms with van der Waals surface area (Å²) in [6, 6.07) is 8.65. The standard InChI is InChI=1S/C14H18INO/c15-10-4-3-5-11(8-10)17-13-9-12(16)14(13)6-1-2-7-14/h3-5,8,12-13H,1-2,6-7,9,16H2. The Morgan fingerprint density at radius 3 is 2.71 bits per heavy atom. The molecule has 2 aliphatic rings. The second kappa shape index (κ2) is 4.43. The molecular formula is C14H18INO. The van der Waals surface area contributed by atoms with Crippen molar-refractivity contribution in [3.63, 3.8) is 0 Å². The highest BCUT2D eigenvalue weighted by atomic mass is 127. The molecule has 2 nitrogen and oxygen atoms in total. The van der Waals surface area contributed by atoms with Gasteiger partial charge in [-0.25, -0.2) is 0 Å². The van der Waals surface area contributed by atoms with Crippen LogP contribution in [0.4, 0.5) is 0 Å². The first-order chi connectivity index (χ1) is 8.21. The average molecular weight is 343 g/mol. The zero-order valence-corrected chi connectivity index (χ0v) is 12.0. The maximum Gasteiger partial charge on any atom is 0.120 e. The summed E-state index contributed by atoms with van der Waals surface area (Å²) in [6.07, 6.45) is 6.51. The maximum atomic E-state index is 6.21. The van der Waals surface area contributed by atoms with Crippen LogP contribution in [0.5, 0.6) is 5.75 Å². The number of hydrogen-bond donors (Lipinski definition) is 1. The molecule has 0 bridgehead atoms. The van der Waals surface area contributed by atoms with E-state index in [1.807, 2.05) is 0 Å². The number of hydrogen-bond acceptors (Lipinski definition) is 2. The third kappa shape index (κ3) is 1.97. The second-order valence-corrected chi connectivity index (χ2v) is 6.59. The van der Waals surface area contributed by atoms with Gasteiger partial charge in [-0.3, -0.25) is 0 Å². The minimum absolute atomic E-state index is 0.293. The van der Waals surface area contributed by atoms with Crippen LogP contribution in [0.2, 0.25) is 0 Å². The van der Waals surface area contributed by atoms with Gasteiger partial charge in [-0.05, 0) is 53.6 Å². The normalized spacial score (nSPS) is 30.2. The van der Waals surface area contributed by atoms with Gasteiger partial charge in [-0.2, -0.15) is 0 Å². The quantitative estimate of drug-likeness (QED) is 0.836. The van der Waals surface area contributed by atoms with Gasteiger partial charge in [0.05, 0.1) is 0 Å². The number of rotatable bonds is 2. The first-order valence-electron chi connectivity index (χ1n) is 6.38. The van der Waals surface area contributed by atoms with Crippen LogP contribution >= 0.6 is 22.6 Å². The van der Waals surface area contributed by atoms with E-state index < -0.39 is 0 Å². The van der Waals surface area contributed by atoms with Crippen molar-refractivity contribution < 1.29 is 4.74 Å². The van der Waals surface area contributed by atoms with E-state index in [0.29, 0.717) is 17.6 Å². The van der Waals surface area contributed by atoms with Crippen molar-refractivity contribution >= 4 is 22.6 Å². The molecule has 0 heterocycles. The third-order valence-corrected chi connectivity index (χ3v) is 5.13. The van der Waals surface area contributed by atoms with E-state index in [0.717, 1.165) is 12.2 Å². The van der Waals surface area contributed by atoms with Crippen LogP contribution < -0.4 is 10.5 Å². The largest absolute Gasteiger partial charge is 0.490 e. The van der Waals surface area contributed by atoms with Crippen LogP contribution in [-0.4, -0.2) is 12.1 Å². The fraction of sp³-hybridized carbons (Fsp3) is 0.571. The first kappa shape index (κ1) is 11.8. The zero-order chi connectivity index (χ0) is 11.9. The SMILES string of the molecule is NC1CC(Oc2cccc(I)c2)C12CCCC2. The van der Waals surface area contributed by atoms with Crippen molar-refractivity contribution in [1.82, 2.24) is 0 Å². The summed E-state index contributed by atoms with van der Waals surface area (Å²) in [5, 5.41) is 0. The Morgan fingerprint density at radius 1 is 1.29 bits per heavy atom. The van der Waals surface area contributed by atoms with Crippen LogP contribution in [-0.2, 0) is 0 Å². The topological polar surface area (TPSA) is 35.2 Å². The lowest BCUT2D eigenvalue weighted by Gasteiger charge is -2.52. The molecule has 0 aliphatic heterocycles. The van der Waals surface area contributed by atoms with Crippen LogP contribution in [0.15, 0.2) is 24.3 Å². The van der Waals surface area contributed by atoms with Crippen molar-refractivity contribution in [2.24, 2.45) is 11.1 Å². The Labute approximate surface area is 116 Å². The van der Waals surface area contributed by atoms with Crippen LogP contribution in [0.3, 0.4) is 0 Å². The summed E-state index contributed by atoms with van der Waals surface area (Å²) in [5.41, 5.74) is 6.50. The van der Waals surface area contributed by atoms with Crippen molar-refractivity contribution in [3.05, 3.63) is 27.8 Å². The third-order valence-electron chi connectivity index (χ3n) is 4.46. The van der Waals surface area contributed by atoms with Crippen molar-refractivity contribution in [1.29, 1.82) is 0 Å². The highest BCUT2D eigenvalue weighted by Gasteiger charge is 2.55. The summed E-state index contributed by atoms with van der Waals surface area (Å²) >= 11 is 2.32. The summed E-state index contributed by atoms with van der Waals surface area (Å²) < 4.78 is 7.38. The van der Waals surface area contributed by atoms with Gasteiger partial charge in [-0.1, -0.05) is 18.9 Å². The molecule has 3 rings (SSSR count). The minimum Gasteiger partial charge on any atom is -0.490 e. The van der Waals surface area contributed by atoms with Crippen molar-refractivity contribution in [2.75, 3.05) is 0 Å². The predicted octanol–water partition coefficient (Wildman–Crippen LogP) is 3.33. The molecule has 2 unspecified atom stereocenters. The van der Waals surface area contributed by atoms with Gasteiger partial charge in [-0.15, -0.1) is 0 Å². The second-order valence-electron chi connectivity index (χ2n) is 5.35. The Morgan fingerprint density at radius 2 is 2.06 bits per heavy atom. The summed E-state index contributed by atoms with van der Waals surface area (Å²) in [6.45, 7) is 0. The van der Waals surface area contributed by atoms with E-state index in [2.05, 4.69) is 46.9 Å². The van der Waals surface area contributed by atoms with E-state index in [1.165, 1.54) is 29.3 Å². The van der Waals surface area contributed by atoms with Gasteiger partial charge in [0.1, 0.15) is 11.9 Å². The Kier molecular flexibility index (Phi) is 3.07. The van der Waals surface area contributed by atoms with E-state index in [4.69, 9.17) is 10.5 Å². The smallest absolute Gasteiger partial charge is 0.120 e. The molecule has 2 N–H and O–H groups in total. The summed E-state index contributed by atoms with van der Waals surface area (Å²) in [4.78, 5) is 0. The molecular weight excluding hydrogens is 325 g/mol. The molecule has 17 heavy (non-hydrogen) atoms.